The van der Waals surface area contributed by atoms with Crippen molar-refractivity contribution >= 4 is 23.3 Å². The van der Waals surface area contributed by atoms with Crippen LogP contribution in [0, 0.1) is 5.92 Å². The van der Waals surface area contributed by atoms with Crippen molar-refractivity contribution in [3.63, 3.8) is 0 Å². The van der Waals surface area contributed by atoms with E-state index in [0.29, 0.717) is 40.2 Å². The first-order valence-corrected chi connectivity index (χ1v) is 15.1. The lowest BCUT2D eigenvalue weighted by atomic mass is 10.0. The predicted molar refractivity (Wildman–Crippen MR) is 173 cm³/mol. The number of benzene rings is 4. The molecule has 0 fully saturated rings. The van der Waals surface area contributed by atoms with Gasteiger partial charge in [0.1, 0.15) is 23.7 Å². The largest absolute Gasteiger partial charge is 0.486 e. The maximum absolute atomic E-state index is 12.8. The second-order valence-electron chi connectivity index (χ2n) is 11.4. The van der Waals surface area contributed by atoms with Crippen LogP contribution in [-0.4, -0.2) is 55.3 Å². The van der Waals surface area contributed by atoms with Gasteiger partial charge in [-0.05, 0) is 74.7 Å². The van der Waals surface area contributed by atoms with E-state index in [4.69, 9.17) is 18.9 Å². The molecule has 4 rings (SSSR count). The van der Waals surface area contributed by atoms with E-state index in [-0.39, 0.29) is 49.7 Å². The van der Waals surface area contributed by atoms with Crippen LogP contribution < -0.4 is 9.47 Å². The van der Waals surface area contributed by atoms with Crippen molar-refractivity contribution in [3.05, 3.63) is 131 Å². The number of carbonyl (C=O) groups excluding carboxylic acids is 4. The molecule has 238 valence electrons. The van der Waals surface area contributed by atoms with Crippen LogP contribution >= 0.6 is 0 Å². The highest BCUT2D eigenvalue weighted by Gasteiger charge is 2.29. The monoisotopic (exact) mass is 622 g/mol. The molecule has 0 aromatic heterocycles. The standard InChI is InChI=1S/C38H38O8/c1-27(24-45-35(40)26-44-33-20-16-31(17-21-33)37(42)29-12-8-5-9-13-29)22-23-46-38(2,3)34(39)25-43-32-18-14-30(15-19-32)36(41)28-10-6-4-7-11-28/h4-21,27H,22-26H2,1-3H3. The SMILES string of the molecule is CC(CCOC(C)(C)C(=O)COc1ccc(C(=O)c2ccccc2)cc1)COC(=O)COc1ccc(C(=O)c2ccccc2)cc1. The van der Waals surface area contributed by atoms with Gasteiger partial charge < -0.3 is 18.9 Å². The summed E-state index contributed by atoms with van der Waals surface area (Å²) in [5.74, 6) is -0.00184. The maximum atomic E-state index is 12.8. The van der Waals surface area contributed by atoms with Gasteiger partial charge in [0.25, 0.3) is 0 Å². The zero-order valence-electron chi connectivity index (χ0n) is 26.3. The molecule has 0 saturated heterocycles. The number of hydrogen-bond donors (Lipinski definition) is 0. The number of rotatable bonds is 17. The van der Waals surface area contributed by atoms with Crippen LogP contribution in [0.2, 0.25) is 0 Å². The normalized spacial score (nSPS) is 11.7. The van der Waals surface area contributed by atoms with Gasteiger partial charge in [0, 0.05) is 28.9 Å². The lowest BCUT2D eigenvalue weighted by Crippen LogP contribution is -2.39. The summed E-state index contributed by atoms with van der Waals surface area (Å²) >= 11 is 0. The van der Waals surface area contributed by atoms with E-state index >= 15 is 0 Å². The third kappa shape index (κ3) is 9.97. The van der Waals surface area contributed by atoms with E-state index in [0.717, 1.165) is 0 Å². The van der Waals surface area contributed by atoms with Gasteiger partial charge in [-0.3, -0.25) is 14.4 Å². The molecule has 4 aromatic carbocycles. The van der Waals surface area contributed by atoms with Crippen LogP contribution in [-0.2, 0) is 19.1 Å². The molecule has 0 spiro atoms. The molecule has 1 atom stereocenters. The molecule has 0 radical (unpaired) electrons. The zero-order valence-corrected chi connectivity index (χ0v) is 26.3. The van der Waals surface area contributed by atoms with Crippen LogP contribution in [0.3, 0.4) is 0 Å². The Morgan fingerprint density at radius 2 is 1.04 bits per heavy atom. The second kappa shape index (κ2) is 16.3. The van der Waals surface area contributed by atoms with Gasteiger partial charge in [0.2, 0.25) is 5.78 Å². The van der Waals surface area contributed by atoms with Gasteiger partial charge in [0.15, 0.2) is 18.2 Å². The number of hydrogen-bond acceptors (Lipinski definition) is 8. The molecule has 0 saturated carbocycles. The highest BCUT2D eigenvalue weighted by Crippen LogP contribution is 2.19. The average Bonchev–Trinajstić information content (AvgIpc) is 3.09. The van der Waals surface area contributed by atoms with Crippen molar-refractivity contribution in [2.75, 3.05) is 26.4 Å². The Morgan fingerprint density at radius 3 is 1.52 bits per heavy atom. The molecule has 46 heavy (non-hydrogen) atoms. The highest BCUT2D eigenvalue weighted by atomic mass is 16.6. The smallest absolute Gasteiger partial charge is 0.344 e. The Balaban J connectivity index is 1.11. The minimum atomic E-state index is -1.07. The van der Waals surface area contributed by atoms with Crippen molar-refractivity contribution in [2.45, 2.75) is 32.8 Å². The minimum Gasteiger partial charge on any atom is -0.486 e. The third-order valence-corrected chi connectivity index (χ3v) is 7.31. The molecule has 1 unspecified atom stereocenters. The lowest BCUT2D eigenvalue weighted by Gasteiger charge is -2.24. The van der Waals surface area contributed by atoms with E-state index in [1.54, 1.807) is 86.6 Å². The fraction of sp³-hybridized carbons (Fsp3) is 0.263. The molecule has 4 aromatic rings. The Kier molecular flexibility index (Phi) is 12.0. The number of Topliss-reactive ketones (excluding diaryl/α,β-unsaturated/α-hetero) is 1. The maximum Gasteiger partial charge on any atom is 0.344 e. The first-order chi connectivity index (χ1) is 22.1. The Labute approximate surface area is 269 Å². The van der Waals surface area contributed by atoms with E-state index in [2.05, 4.69) is 0 Å². The molecule has 0 heterocycles. The van der Waals surface area contributed by atoms with Gasteiger partial charge >= 0.3 is 5.97 Å². The summed E-state index contributed by atoms with van der Waals surface area (Å²) in [4.78, 5) is 50.1. The first kappa shape index (κ1) is 33.8. The first-order valence-electron chi connectivity index (χ1n) is 15.1. The van der Waals surface area contributed by atoms with Gasteiger partial charge in [-0.1, -0.05) is 67.6 Å². The molecular formula is C38H38O8. The number of esters is 1. The van der Waals surface area contributed by atoms with Gasteiger partial charge in [0.05, 0.1) is 6.61 Å². The van der Waals surface area contributed by atoms with Crippen molar-refractivity contribution < 1.29 is 38.1 Å². The van der Waals surface area contributed by atoms with Gasteiger partial charge in [-0.2, -0.15) is 0 Å². The molecule has 0 aliphatic carbocycles. The third-order valence-electron chi connectivity index (χ3n) is 7.31. The summed E-state index contributed by atoms with van der Waals surface area (Å²) in [5, 5.41) is 0. The molecule has 8 nitrogen and oxygen atoms in total. The van der Waals surface area contributed by atoms with E-state index in [1.165, 1.54) is 0 Å². The summed E-state index contributed by atoms with van der Waals surface area (Å²) in [6.07, 6.45) is 0.569. The van der Waals surface area contributed by atoms with Gasteiger partial charge in [-0.25, -0.2) is 4.79 Å². The molecule has 0 aliphatic heterocycles. The second-order valence-corrected chi connectivity index (χ2v) is 11.4. The van der Waals surface area contributed by atoms with E-state index in [1.807, 2.05) is 43.3 Å². The Hall–Kier alpha value is -5.08. The average molecular weight is 623 g/mol. The number of ether oxygens (including phenoxy) is 4. The number of carbonyl (C=O) groups is 4. The molecular weight excluding hydrogens is 584 g/mol. The molecule has 0 N–H and O–H groups in total. The Bertz CT molecular complexity index is 1590. The van der Waals surface area contributed by atoms with E-state index in [9.17, 15) is 19.2 Å². The van der Waals surface area contributed by atoms with Crippen molar-refractivity contribution in [1.29, 1.82) is 0 Å². The quantitative estimate of drug-likeness (QED) is 0.0966. The molecule has 0 bridgehead atoms. The molecule has 8 heteroatoms. The zero-order chi connectivity index (χ0) is 32.9. The van der Waals surface area contributed by atoms with Crippen molar-refractivity contribution in [3.8, 4) is 11.5 Å². The summed E-state index contributed by atoms with van der Waals surface area (Å²) in [6, 6.07) is 31.3. The van der Waals surface area contributed by atoms with Gasteiger partial charge in [-0.15, -0.1) is 0 Å². The fourth-order valence-electron chi connectivity index (χ4n) is 4.34. The van der Waals surface area contributed by atoms with Crippen LogP contribution in [0.25, 0.3) is 0 Å². The van der Waals surface area contributed by atoms with Crippen LogP contribution in [0.4, 0.5) is 0 Å². The predicted octanol–water partition coefficient (Wildman–Crippen LogP) is 6.54. The van der Waals surface area contributed by atoms with Crippen LogP contribution in [0.5, 0.6) is 11.5 Å². The number of ketones is 3. The summed E-state index contributed by atoms with van der Waals surface area (Å²) in [5.41, 5.74) is 1.18. The fourth-order valence-corrected chi connectivity index (χ4v) is 4.34. The molecule has 0 aliphatic rings. The summed E-state index contributed by atoms with van der Waals surface area (Å²) < 4.78 is 22.3. The summed E-state index contributed by atoms with van der Waals surface area (Å²) in [6.45, 7) is 5.32. The van der Waals surface area contributed by atoms with Crippen molar-refractivity contribution in [1.82, 2.24) is 0 Å². The topological polar surface area (TPSA) is 105 Å². The van der Waals surface area contributed by atoms with Crippen LogP contribution in [0.15, 0.2) is 109 Å². The Morgan fingerprint density at radius 1 is 0.609 bits per heavy atom. The lowest BCUT2D eigenvalue weighted by molar-refractivity contribution is -0.148. The minimum absolute atomic E-state index is 0.00787. The van der Waals surface area contributed by atoms with E-state index < -0.39 is 11.6 Å². The van der Waals surface area contributed by atoms with Crippen molar-refractivity contribution in [2.24, 2.45) is 5.92 Å². The van der Waals surface area contributed by atoms with Crippen LogP contribution in [0.1, 0.15) is 59.0 Å². The molecule has 0 amide bonds. The highest BCUT2D eigenvalue weighted by molar-refractivity contribution is 6.09. The summed E-state index contributed by atoms with van der Waals surface area (Å²) in [7, 11) is 0.